The first-order valence-corrected chi connectivity index (χ1v) is 6.47. The molecule has 0 saturated carbocycles. The third-order valence-electron chi connectivity index (χ3n) is 2.87. The van der Waals surface area contributed by atoms with E-state index in [1.807, 2.05) is 6.07 Å². The third-order valence-corrected chi connectivity index (χ3v) is 2.87. The number of nitro benzene ring substituents is 1. The fourth-order valence-electron chi connectivity index (χ4n) is 1.73. The van der Waals surface area contributed by atoms with E-state index < -0.39 is 16.9 Å². The second-order valence-corrected chi connectivity index (χ2v) is 4.52. The van der Waals surface area contributed by atoms with Gasteiger partial charge in [0.2, 0.25) is 0 Å². The molecule has 0 radical (unpaired) electrons. The Hall–Kier alpha value is -3.09. The molecule has 7 heteroatoms. The van der Waals surface area contributed by atoms with Crippen LogP contribution in [0.1, 0.15) is 6.92 Å². The van der Waals surface area contributed by atoms with E-state index in [1.165, 1.54) is 6.92 Å². The predicted octanol–water partition coefficient (Wildman–Crippen LogP) is 2.71. The van der Waals surface area contributed by atoms with Crippen LogP contribution in [0.2, 0.25) is 0 Å². The van der Waals surface area contributed by atoms with Crippen LogP contribution >= 0.6 is 0 Å². The molecule has 1 unspecified atom stereocenters. The lowest BCUT2D eigenvalue weighted by atomic mass is 10.2. The standard InChI is InChI=1S/C15H14N2O5/c1-10(22-12-5-3-2-4-6-12)15(19)16-13-9-11(17(20)21)7-8-14(13)18/h2-10,18H,1H3,(H,16,19). The minimum Gasteiger partial charge on any atom is -0.506 e. The number of para-hydroxylation sites is 1. The fraction of sp³-hybridized carbons (Fsp3) is 0.133. The topological polar surface area (TPSA) is 102 Å². The van der Waals surface area contributed by atoms with Gasteiger partial charge in [-0.15, -0.1) is 0 Å². The molecule has 0 fully saturated rings. The van der Waals surface area contributed by atoms with Crippen molar-refractivity contribution in [3.63, 3.8) is 0 Å². The SMILES string of the molecule is CC(Oc1ccccc1)C(=O)Nc1cc([N+](=O)[O-])ccc1O. The van der Waals surface area contributed by atoms with E-state index in [0.717, 1.165) is 18.2 Å². The van der Waals surface area contributed by atoms with Crippen molar-refractivity contribution in [3.05, 3.63) is 58.6 Å². The summed E-state index contributed by atoms with van der Waals surface area (Å²) < 4.78 is 5.44. The number of rotatable bonds is 5. The van der Waals surface area contributed by atoms with Gasteiger partial charge in [-0.05, 0) is 25.1 Å². The van der Waals surface area contributed by atoms with Gasteiger partial charge in [-0.3, -0.25) is 14.9 Å². The average molecular weight is 302 g/mol. The van der Waals surface area contributed by atoms with Crippen molar-refractivity contribution in [2.24, 2.45) is 0 Å². The van der Waals surface area contributed by atoms with Crippen LogP contribution in [-0.2, 0) is 4.79 Å². The Balaban J connectivity index is 2.08. The van der Waals surface area contributed by atoms with Gasteiger partial charge < -0.3 is 15.2 Å². The molecule has 0 bridgehead atoms. The zero-order valence-electron chi connectivity index (χ0n) is 11.7. The largest absolute Gasteiger partial charge is 0.506 e. The van der Waals surface area contributed by atoms with E-state index in [-0.39, 0.29) is 17.1 Å². The van der Waals surface area contributed by atoms with Crippen molar-refractivity contribution in [1.29, 1.82) is 0 Å². The summed E-state index contributed by atoms with van der Waals surface area (Å²) in [6, 6.07) is 12.1. The van der Waals surface area contributed by atoms with Crippen LogP contribution in [0.25, 0.3) is 0 Å². The minimum absolute atomic E-state index is 0.0392. The smallest absolute Gasteiger partial charge is 0.271 e. The minimum atomic E-state index is -0.832. The summed E-state index contributed by atoms with van der Waals surface area (Å²) in [4.78, 5) is 22.1. The van der Waals surface area contributed by atoms with Crippen LogP contribution in [0.15, 0.2) is 48.5 Å². The number of anilines is 1. The fourth-order valence-corrected chi connectivity index (χ4v) is 1.73. The van der Waals surface area contributed by atoms with E-state index >= 15 is 0 Å². The maximum absolute atomic E-state index is 12.0. The Kier molecular flexibility index (Phi) is 4.57. The molecule has 0 heterocycles. The number of phenolic OH excluding ortho intramolecular Hbond substituents is 1. The number of ether oxygens (including phenoxy) is 1. The van der Waals surface area contributed by atoms with Gasteiger partial charge in [0.1, 0.15) is 11.5 Å². The molecular weight excluding hydrogens is 288 g/mol. The predicted molar refractivity (Wildman–Crippen MR) is 79.9 cm³/mol. The molecular formula is C15H14N2O5. The first-order chi connectivity index (χ1) is 10.5. The van der Waals surface area contributed by atoms with Crippen LogP contribution in [-0.4, -0.2) is 22.0 Å². The number of carbonyl (C=O) groups is 1. The number of aromatic hydroxyl groups is 1. The van der Waals surface area contributed by atoms with Gasteiger partial charge in [-0.25, -0.2) is 0 Å². The summed E-state index contributed by atoms with van der Waals surface area (Å²) in [6.45, 7) is 1.54. The van der Waals surface area contributed by atoms with Gasteiger partial charge in [0.15, 0.2) is 6.10 Å². The molecule has 0 saturated heterocycles. The van der Waals surface area contributed by atoms with Gasteiger partial charge in [-0.1, -0.05) is 18.2 Å². The first-order valence-electron chi connectivity index (χ1n) is 6.47. The highest BCUT2D eigenvalue weighted by Gasteiger charge is 2.18. The highest BCUT2D eigenvalue weighted by atomic mass is 16.6. The number of benzene rings is 2. The first kappa shape index (κ1) is 15.3. The maximum atomic E-state index is 12.0. The molecule has 114 valence electrons. The summed E-state index contributed by atoms with van der Waals surface area (Å²) in [5.41, 5.74) is -0.271. The third kappa shape index (κ3) is 3.72. The van der Waals surface area contributed by atoms with Crippen LogP contribution in [0.5, 0.6) is 11.5 Å². The molecule has 0 spiro atoms. The normalized spacial score (nSPS) is 11.5. The van der Waals surface area contributed by atoms with Crippen LogP contribution in [0.4, 0.5) is 11.4 Å². The van der Waals surface area contributed by atoms with Gasteiger partial charge in [0.05, 0.1) is 10.6 Å². The molecule has 2 aromatic rings. The zero-order valence-corrected chi connectivity index (χ0v) is 11.7. The van der Waals surface area contributed by atoms with Crippen molar-refractivity contribution >= 4 is 17.3 Å². The Morgan fingerprint density at radius 3 is 2.59 bits per heavy atom. The van der Waals surface area contributed by atoms with Crippen molar-refractivity contribution in [3.8, 4) is 11.5 Å². The van der Waals surface area contributed by atoms with Crippen LogP contribution in [0, 0.1) is 10.1 Å². The summed E-state index contributed by atoms with van der Waals surface area (Å²) in [5.74, 6) is -0.265. The summed E-state index contributed by atoms with van der Waals surface area (Å²) in [5, 5.41) is 22.8. The Bertz CT molecular complexity index is 688. The number of amides is 1. The number of hydrogen-bond donors (Lipinski definition) is 2. The monoisotopic (exact) mass is 302 g/mol. The van der Waals surface area contributed by atoms with Crippen LogP contribution in [0.3, 0.4) is 0 Å². The summed E-state index contributed by atoms with van der Waals surface area (Å²) >= 11 is 0. The molecule has 2 aromatic carbocycles. The van der Waals surface area contributed by atoms with E-state index in [1.54, 1.807) is 24.3 Å². The van der Waals surface area contributed by atoms with E-state index in [4.69, 9.17) is 4.74 Å². The van der Waals surface area contributed by atoms with E-state index in [2.05, 4.69) is 5.32 Å². The number of nitro groups is 1. The van der Waals surface area contributed by atoms with Gasteiger partial charge in [-0.2, -0.15) is 0 Å². The average Bonchev–Trinajstić information content (AvgIpc) is 2.50. The molecule has 22 heavy (non-hydrogen) atoms. The molecule has 2 rings (SSSR count). The Morgan fingerprint density at radius 1 is 1.27 bits per heavy atom. The zero-order chi connectivity index (χ0) is 16.1. The van der Waals surface area contributed by atoms with E-state index in [9.17, 15) is 20.0 Å². The second-order valence-electron chi connectivity index (χ2n) is 4.52. The number of carbonyl (C=O) groups excluding carboxylic acids is 1. The maximum Gasteiger partial charge on any atom is 0.271 e. The number of nitrogens with zero attached hydrogens (tertiary/aromatic N) is 1. The molecule has 1 amide bonds. The number of phenols is 1. The summed E-state index contributed by atoms with van der Waals surface area (Å²) in [7, 11) is 0. The van der Waals surface area contributed by atoms with Crippen molar-refractivity contribution in [1.82, 2.24) is 0 Å². The lowest BCUT2D eigenvalue weighted by Gasteiger charge is -2.15. The Labute approximate surface area is 126 Å². The van der Waals surface area contributed by atoms with Gasteiger partial charge >= 0.3 is 0 Å². The number of nitrogens with one attached hydrogen (secondary N) is 1. The number of non-ortho nitro benzene ring substituents is 1. The second kappa shape index (κ2) is 6.57. The molecule has 0 aliphatic rings. The molecule has 2 N–H and O–H groups in total. The lowest BCUT2D eigenvalue weighted by Crippen LogP contribution is -2.30. The lowest BCUT2D eigenvalue weighted by molar-refractivity contribution is -0.384. The van der Waals surface area contributed by atoms with Gasteiger partial charge in [0.25, 0.3) is 11.6 Å². The highest BCUT2D eigenvalue weighted by Crippen LogP contribution is 2.28. The van der Waals surface area contributed by atoms with Crippen molar-refractivity contribution < 1.29 is 19.6 Å². The van der Waals surface area contributed by atoms with E-state index in [0.29, 0.717) is 5.75 Å². The molecule has 7 nitrogen and oxygen atoms in total. The molecule has 1 atom stereocenters. The molecule has 0 aliphatic heterocycles. The molecule has 0 aliphatic carbocycles. The quantitative estimate of drug-likeness (QED) is 0.502. The molecule has 0 aromatic heterocycles. The number of hydrogen-bond acceptors (Lipinski definition) is 5. The van der Waals surface area contributed by atoms with Crippen LogP contribution < -0.4 is 10.1 Å². The Morgan fingerprint density at radius 2 is 1.95 bits per heavy atom. The van der Waals surface area contributed by atoms with Gasteiger partial charge in [0, 0.05) is 12.1 Å². The summed E-state index contributed by atoms with van der Waals surface area (Å²) in [6.07, 6.45) is -0.832. The van der Waals surface area contributed by atoms with Crippen molar-refractivity contribution in [2.45, 2.75) is 13.0 Å². The van der Waals surface area contributed by atoms with Crippen molar-refractivity contribution in [2.75, 3.05) is 5.32 Å². The highest BCUT2D eigenvalue weighted by molar-refractivity contribution is 5.95.